The Morgan fingerprint density at radius 1 is 1.09 bits per heavy atom. The maximum Gasteiger partial charge on any atom is 0.341 e. The van der Waals surface area contributed by atoms with E-state index >= 15 is 0 Å². The molecule has 0 saturated carbocycles. The zero-order chi connectivity index (χ0) is 23.8. The van der Waals surface area contributed by atoms with Crippen LogP contribution in [0.5, 0.6) is 11.5 Å². The number of nitrogens with one attached hydrogen (secondary N) is 2. The van der Waals surface area contributed by atoms with Gasteiger partial charge in [-0.15, -0.1) is 0 Å². The average Bonchev–Trinajstić information content (AvgIpc) is 3.39. The Morgan fingerprint density at radius 3 is 2.59 bits per heavy atom. The van der Waals surface area contributed by atoms with Crippen molar-refractivity contribution in [1.29, 1.82) is 0 Å². The van der Waals surface area contributed by atoms with E-state index in [0.717, 1.165) is 31.6 Å². The molecule has 0 amide bonds. The number of anilines is 4. The van der Waals surface area contributed by atoms with Gasteiger partial charge in [-0.05, 0) is 48.7 Å². The molecule has 0 spiro atoms. The summed E-state index contributed by atoms with van der Waals surface area (Å²) in [5.74, 6) is 0.978. The van der Waals surface area contributed by atoms with E-state index < -0.39 is 12.6 Å². The van der Waals surface area contributed by atoms with Crippen LogP contribution in [0.4, 0.5) is 23.5 Å². The van der Waals surface area contributed by atoms with Crippen molar-refractivity contribution in [2.75, 3.05) is 42.4 Å². The topological polar surface area (TPSA) is 134 Å². The predicted octanol–water partition coefficient (Wildman–Crippen LogP) is 3.13. The van der Waals surface area contributed by atoms with E-state index in [0.29, 0.717) is 34.9 Å². The number of carboxylic acids is 1. The van der Waals surface area contributed by atoms with Gasteiger partial charge in [-0.1, -0.05) is 18.2 Å². The first-order valence-corrected chi connectivity index (χ1v) is 10.8. The molecular formula is C23H25N7O4. The molecule has 34 heavy (non-hydrogen) atoms. The van der Waals surface area contributed by atoms with Crippen LogP contribution in [-0.4, -0.2) is 59.0 Å². The van der Waals surface area contributed by atoms with Gasteiger partial charge in [0.2, 0.25) is 17.8 Å². The van der Waals surface area contributed by atoms with Crippen molar-refractivity contribution in [1.82, 2.24) is 15.0 Å². The van der Waals surface area contributed by atoms with Gasteiger partial charge >= 0.3 is 5.97 Å². The fourth-order valence-corrected chi connectivity index (χ4v) is 3.37. The highest BCUT2D eigenvalue weighted by Crippen LogP contribution is 2.27. The summed E-state index contributed by atoms with van der Waals surface area (Å²) < 4.78 is 10.5. The van der Waals surface area contributed by atoms with Crippen molar-refractivity contribution in [2.45, 2.75) is 12.8 Å². The number of carbonyl (C=O) groups is 1. The summed E-state index contributed by atoms with van der Waals surface area (Å²) in [6, 6.07) is 14.7. The lowest BCUT2D eigenvalue weighted by molar-refractivity contribution is -0.139. The van der Waals surface area contributed by atoms with Gasteiger partial charge in [0.1, 0.15) is 0 Å². The molecule has 4 rings (SSSR count). The van der Waals surface area contributed by atoms with Gasteiger partial charge in [0.15, 0.2) is 18.1 Å². The average molecular weight is 463 g/mol. The van der Waals surface area contributed by atoms with Crippen LogP contribution in [0, 0.1) is 0 Å². The predicted molar refractivity (Wildman–Crippen MR) is 128 cm³/mol. The van der Waals surface area contributed by atoms with Crippen LogP contribution in [0.1, 0.15) is 18.4 Å². The Kier molecular flexibility index (Phi) is 7.33. The van der Waals surface area contributed by atoms with Crippen LogP contribution in [0.25, 0.3) is 0 Å². The van der Waals surface area contributed by atoms with Gasteiger partial charge in [0.25, 0.3) is 0 Å². The third-order valence-electron chi connectivity index (χ3n) is 4.96. The van der Waals surface area contributed by atoms with Crippen molar-refractivity contribution in [3.05, 3.63) is 54.1 Å². The third-order valence-corrected chi connectivity index (χ3v) is 4.96. The maximum absolute atomic E-state index is 10.7. The first-order chi connectivity index (χ1) is 16.6. The molecule has 11 heteroatoms. The molecule has 2 heterocycles. The molecule has 1 aromatic heterocycles. The number of benzene rings is 2. The van der Waals surface area contributed by atoms with Crippen LogP contribution in [0.2, 0.25) is 0 Å². The molecule has 11 nitrogen and oxygen atoms in total. The summed E-state index contributed by atoms with van der Waals surface area (Å²) in [5, 5.41) is 16.2. The highest BCUT2D eigenvalue weighted by atomic mass is 16.5. The van der Waals surface area contributed by atoms with Gasteiger partial charge in [0, 0.05) is 18.8 Å². The summed E-state index contributed by atoms with van der Waals surface area (Å²) >= 11 is 0. The van der Waals surface area contributed by atoms with Gasteiger partial charge < -0.3 is 24.8 Å². The highest BCUT2D eigenvalue weighted by molar-refractivity contribution is 5.81. The molecular weight excluding hydrogens is 438 g/mol. The second kappa shape index (κ2) is 10.9. The molecule has 1 saturated heterocycles. The minimum atomic E-state index is -1.07. The number of aromatic nitrogens is 3. The molecule has 3 aromatic rings. The third kappa shape index (κ3) is 6.09. The molecule has 2 aromatic carbocycles. The van der Waals surface area contributed by atoms with Crippen molar-refractivity contribution in [2.24, 2.45) is 5.10 Å². The standard InChI is InChI=1S/C23H25N7O4/c1-33-19-13-16(9-10-18(19)34-15-20(31)32)14-24-29-22-26-21(25-17-7-3-2-4-8-17)27-23(28-22)30-11-5-6-12-30/h2-4,7-10,13-14H,5-6,11-12,15H2,1H3,(H,31,32)(H2,25,26,27,28,29)/b24-14+. The van der Waals surface area contributed by atoms with Gasteiger partial charge in [0.05, 0.1) is 13.3 Å². The number of nitrogens with zero attached hydrogens (tertiary/aromatic N) is 5. The molecule has 1 aliphatic heterocycles. The molecule has 1 aliphatic rings. The number of hydrogen-bond acceptors (Lipinski definition) is 10. The number of para-hydroxylation sites is 1. The van der Waals surface area contributed by atoms with Crippen molar-refractivity contribution in [3.63, 3.8) is 0 Å². The molecule has 1 fully saturated rings. The van der Waals surface area contributed by atoms with E-state index in [2.05, 4.69) is 35.7 Å². The SMILES string of the molecule is COc1cc(/C=N/Nc2nc(Nc3ccccc3)nc(N3CCCC3)n2)ccc1OCC(=O)O. The fourth-order valence-electron chi connectivity index (χ4n) is 3.37. The Labute approximate surface area is 196 Å². The molecule has 3 N–H and O–H groups in total. The summed E-state index contributed by atoms with van der Waals surface area (Å²) in [7, 11) is 1.48. The number of carboxylic acid groups (broad SMARTS) is 1. The number of methoxy groups -OCH3 is 1. The van der Waals surface area contributed by atoms with E-state index in [9.17, 15) is 4.79 Å². The van der Waals surface area contributed by atoms with Gasteiger partial charge in [-0.3, -0.25) is 0 Å². The lowest BCUT2D eigenvalue weighted by Gasteiger charge is -2.16. The maximum atomic E-state index is 10.7. The molecule has 0 bridgehead atoms. The largest absolute Gasteiger partial charge is 0.493 e. The zero-order valence-electron chi connectivity index (χ0n) is 18.6. The minimum absolute atomic E-state index is 0.306. The molecule has 0 aliphatic carbocycles. The zero-order valence-corrected chi connectivity index (χ0v) is 18.6. The molecule has 0 unspecified atom stereocenters. The molecule has 0 radical (unpaired) electrons. The monoisotopic (exact) mass is 463 g/mol. The van der Waals surface area contributed by atoms with Crippen LogP contribution in [-0.2, 0) is 4.79 Å². The van der Waals surface area contributed by atoms with Crippen molar-refractivity contribution in [3.8, 4) is 11.5 Å². The van der Waals surface area contributed by atoms with E-state index in [1.807, 2.05) is 30.3 Å². The number of aliphatic carboxylic acids is 1. The number of hydrazone groups is 1. The fraction of sp³-hybridized carbons (Fsp3) is 0.261. The second-order valence-electron chi connectivity index (χ2n) is 7.43. The van der Waals surface area contributed by atoms with Crippen LogP contribution >= 0.6 is 0 Å². The van der Waals surface area contributed by atoms with E-state index in [-0.39, 0.29) is 0 Å². The quantitative estimate of drug-likeness (QED) is 0.304. The summed E-state index contributed by atoms with van der Waals surface area (Å²) in [5.41, 5.74) is 4.45. The van der Waals surface area contributed by atoms with Crippen molar-refractivity contribution < 1.29 is 19.4 Å². The lowest BCUT2D eigenvalue weighted by atomic mass is 10.2. The number of hydrogen-bond donors (Lipinski definition) is 3. The molecule has 176 valence electrons. The second-order valence-corrected chi connectivity index (χ2v) is 7.43. The lowest BCUT2D eigenvalue weighted by Crippen LogP contribution is -2.21. The summed E-state index contributed by atoms with van der Waals surface area (Å²) in [6.45, 7) is 1.34. The van der Waals surface area contributed by atoms with Crippen LogP contribution in [0.3, 0.4) is 0 Å². The minimum Gasteiger partial charge on any atom is -0.493 e. The molecule has 0 atom stereocenters. The highest BCUT2D eigenvalue weighted by Gasteiger charge is 2.17. The summed E-state index contributed by atoms with van der Waals surface area (Å²) in [4.78, 5) is 26.4. The Hall–Kier alpha value is -4.41. The van der Waals surface area contributed by atoms with Crippen LogP contribution < -0.4 is 25.1 Å². The smallest absolute Gasteiger partial charge is 0.341 e. The van der Waals surface area contributed by atoms with Crippen LogP contribution in [0.15, 0.2) is 53.6 Å². The van der Waals surface area contributed by atoms with E-state index in [1.54, 1.807) is 24.4 Å². The first kappa shape index (κ1) is 22.8. The Morgan fingerprint density at radius 2 is 1.85 bits per heavy atom. The van der Waals surface area contributed by atoms with Crippen molar-refractivity contribution >= 4 is 35.7 Å². The normalized spacial score (nSPS) is 13.1. The summed E-state index contributed by atoms with van der Waals surface area (Å²) in [6.07, 6.45) is 3.78. The number of ether oxygens (including phenoxy) is 2. The first-order valence-electron chi connectivity index (χ1n) is 10.8. The Bertz CT molecular complexity index is 1150. The van der Waals surface area contributed by atoms with Gasteiger partial charge in [-0.25, -0.2) is 10.2 Å². The van der Waals surface area contributed by atoms with E-state index in [4.69, 9.17) is 14.6 Å². The van der Waals surface area contributed by atoms with E-state index in [1.165, 1.54) is 7.11 Å². The Balaban J connectivity index is 1.50. The van der Waals surface area contributed by atoms with Gasteiger partial charge in [-0.2, -0.15) is 20.1 Å². The number of rotatable bonds is 10.